The lowest BCUT2D eigenvalue weighted by Gasteiger charge is -2.29. The van der Waals surface area contributed by atoms with Crippen LogP contribution in [0.4, 0.5) is 0 Å². The van der Waals surface area contributed by atoms with Crippen molar-refractivity contribution in [2.75, 3.05) is 31.7 Å². The standard InChI is InChI=1S/C13H30NOP/c1-7-16(15,8-2)11-14(9-12(3)4)10-13(5)6/h12-13H,7-11H2,1-6H3. The molecule has 0 aromatic rings. The second-order valence-corrected chi connectivity index (χ2v) is 9.32. The van der Waals surface area contributed by atoms with Crippen molar-refractivity contribution in [3.63, 3.8) is 0 Å². The summed E-state index contributed by atoms with van der Waals surface area (Å²) in [6.45, 7) is 15.2. The molecule has 0 N–H and O–H groups in total. The largest absolute Gasteiger partial charge is 0.322 e. The van der Waals surface area contributed by atoms with Crippen molar-refractivity contribution in [3.8, 4) is 0 Å². The zero-order chi connectivity index (χ0) is 12.8. The smallest absolute Gasteiger partial charge is 0.100 e. The predicted octanol–water partition coefficient (Wildman–Crippen LogP) is 3.96. The lowest BCUT2D eigenvalue weighted by Crippen LogP contribution is -2.32. The summed E-state index contributed by atoms with van der Waals surface area (Å²) >= 11 is 0. The van der Waals surface area contributed by atoms with Gasteiger partial charge in [-0.3, -0.25) is 4.90 Å². The highest BCUT2D eigenvalue weighted by atomic mass is 31.2. The van der Waals surface area contributed by atoms with Gasteiger partial charge in [-0.25, -0.2) is 0 Å². The van der Waals surface area contributed by atoms with E-state index in [1.807, 2.05) is 0 Å². The normalized spacial score (nSPS) is 13.1. The molecule has 0 atom stereocenters. The Morgan fingerprint density at radius 3 is 1.56 bits per heavy atom. The molecular formula is C13H30NOP. The Morgan fingerprint density at radius 2 is 1.31 bits per heavy atom. The maximum atomic E-state index is 12.5. The van der Waals surface area contributed by atoms with Gasteiger partial charge in [-0.1, -0.05) is 41.5 Å². The van der Waals surface area contributed by atoms with Crippen LogP contribution in [0.25, 0.3) is 0 Å². The van der Waals surface area contributed by atoms with Crippen LogP contribution in [-0.2, 0) is 4.57 Å². The Bertz CT molecular complexity index is 208. The third-order valence-corrected chi connectivity index (χ3v) is 6.08. The first-order valence-electron chi connectivity index (χ1n) is 6.62. The average Bonchev–Trinajstić information content (AvgIpc) is 2.15. The Balaban J connectivity index is 4.45. The van der Waals surface area contributed by atoms with Gasteiger partial charge in [-0.2, -0.15) is 0 Å². The minimum absolute atomic E-state index is 0.654. The first-order chi connectivity index (χ1) is 7.33. The van der Waals surface area contributed by atoms with E-state index >= 15 is 0 Å². The highest BCUT2D eigenvalue weighted by Gasteiger charge is 2.22. The van der Waals surface area contributed by atoms with E-state index in [2.05, 4.69) is 46.4 Å². The van der Waals surface area contributed by atoms with Gasteiger partial charge in [0.2, 0.25) is 0 Å². The molecule has 0 unspecified atom stereocenters. The molecule has 0 aliphatic rings. The van der Waals surface area contributed by atoms with Crippen LogP contribution in [0.3, 0.4) is 0 Å². The SMILES string of the molecule is CCP(=O)(CC)CN(CC(C)C)CC(C)C. The van der Waals surface area contributed by atoms with Gasteiger partial charge < -0.3 is 4.57 Å². The third kappa shape index (κ3) is 6.70. The lowest BCUT2D eigenvalue weighted by molar-refractivity contribution is 0.249. The summed E-state index contributed by atoms with van der Waals surface area (Å²) in [5.41, 5.74) is 0. The summed E-state index contributed by atoms with van der Waals surface area (Å²) in [7, 11) is -1.92. The molecule has 0 aliphatic heterocycles. The fourth-order valence-corrected chi connectivity index (χ4v) is 3.82. The van der Waals surface area contributed by atoms with E-state index in [1.165, 1.54) is 0 Å². The molecule has 0 heterocycles. The van der Waals surface area contributed by atoms with Crippen LogP contribution < -0.4 is 0 Å². The van der Waals surface area contributed by atoms with Crippen molar-refractivity contribution in [2.24, 2.45) is 11.8 Å². The van der Waals surface area contributed by atoms with Crippen LogP contribution in [0.2, 0.25) is 0 Å². The molecule has 0 fully saturated rings. The highest BCUT2D eigenvalue weighted by Crippen LogP contribution is 2.45. The van der Waals surface area contributed by atoms with Crippen molar-refractivity contribution in [2.45, 2.75) is 41.5 Å². The summed E-state index contributed by atoms with van der Waals surface area (Å²) in [4.78, 5) is 2.41. The van der Waals surface area contributed by atoms with E-state index < -0.39 is 7.14 Å². The summed E-state index contributed by atoms with van der Waals surface area (Å²) in [6.07, 6.45) is 2.50. The summed E-state index contributed by atoms with van der Waals surface area (Å²) in [5, 5.41) is 0. The molecule has 0 aromatic carbocycles. The topological polar surface area (TPSA) is 20.3 Å². The molecular weight excluding hydrogens is 217 g/mol. The molecule has 2 nitrogen and oxygen atoms in total. The van der Waals surface area contributed by atoms with Crippen LogP contribution in [0.1, 0.15) is 41.5 Å². The molecule has 0 spiro atoms. The molecule has 3 heteroatoms. The Kier molecular flexibility index (Phi) is 7.59. The molecule has 16 heavy (non-hydrogen) atoms. The van der Waals surface area contributed by atoms with Crippen LogP contribution in [0.15, 0.2) is 0 Å². The molecule has 0 aliphatic carbocycles. The van der Waals surface area contributed by atoms with Crippen molar-refractivity contribution in [1.29, 1.82) is 0 Å². The van der Waals surface area contributed by atoms with Gasteiger partial charge in [0.05, 0.1) is 6.29 Å². The minimum Gasteiger partial charge on any atom is -0.322 e. The van der Waals surface area contributed by atoms with Crippen molar-refractivity contribution in [1.82, 2.24) is 4.90 Å². The monoisotopic (exact) mass is 247 g/mol. The third-order valence-electron chi connectivity index (χ3n) is 2.86. The van der Waals surface area contributed by atoms with Crippen LogP contribution >= 0.6 is 7.14 Å². The lowest BCUT2D eigenvalue weighted by atomic mass is 10.1. The quantitative estimate of drug-likeness (QED) is 0.605. The number of hydrogen-bond acceptors (Lipinski definition) is 2. The Hall–Kier alpha value is 0.190. The van der Waals surface area contributed by atoms with Crippen molar-refractivity contribution >= 4 is 7.14 Å². The van der Waals surface area contributed by atoms with Crippen LogP contribution in [-0.4, -0.2) is 36.6 Å². The summed E-state index contributed by atoms with van der Waals surface area (Å²) in [5.74, 6) is 1.31. The van der Waals surface area contributed by atoms with E-state index in [-0.39, 0.29) is 0 Å². The fraction of sp³-hybridized carbons (Fsp3) is 1.00. The van der Waals surface area contributed by atoms with Gasteiger partial charge in [-0.05, 0) is 24.2 Å². The van der Waals surface area contributed by atoms with E-state index in [4.69, 9.17) is 0 Å². The van der Waals surface area contributed by atoms with Gasteiger partial charge in [0.25, 0.3) is 0 Å². The molecule has 0 radical (unpaired) electrons. The van der Waals surface area contributed by atoms with Gasteiger partial charge >= 0.3 is 0 Å². The van der Waals surface area contributed by atoms with E-state index in [1.54, 1.807) is 0 Å². The molecule has 0 amide bonds. The molecule has 98 valence electrons. The predicted molar refractivity (Wildman–Crippen MR) is 74.8 cm³/mol. The number of rotatable bonds is 8. The first kappa shape index (κ1) is 16.2. The summed E-state index contributed by atoms with van der Waals surface area (Å²) < 4.78 is 12.5. The maximum Gasteiger partial charge on any atom is 0.100 e. The van der Waals surface area contributed by atoms with Gasteiger partial charge in [0.1, 0.15) is 7.14 Å². The Morgan fingerprint density at radius 1 is 0.938 bits per heavy atom. The van der Waals surface area contributed by atoms with Crippen molar-refractivity contribution < 1.29 is 4.57 Å². The van der Waals surface area contributed by atoms with Crippen LogP contribution in [0.5, 0.6) is 0 Å². The molecule has 0 aromatic heterocycles. The number of hydrogen-bond donors (Lipinski definition) is 0. The van der Waals surface area contributed by atoms with Gasteiger partial charge in [0, 0.05) is 13.1 Å². The highest BCUT2D eigenvalue weighted by molar-refractivity contribution is 7.63. The Labute approximate surface area is 102 Å². The fourth-order valence-electron chi connectivity index (χ4n) is 2.01. The average molecular weight is 247 g/mol. The second-order valence-electron chi connectivity index (χ2n) is 5.66. The van der Waals surface area contributed by atoms with E-state index in [9.17, 15) is 4.57 Å². The minimum atomic E-state index is -1.92. The van der Waals surface area contributed by atoms with Gasteiger partial charge in [0.15, 0.2) is 0 Å². The number of nitrogens with zero attached hydrogens (tertiary/aromatic N) is 1. The van der Waals surface area contributed by atoms with Crippen molar-refractivity contribution in [3.05, 3.63) is 0 Å². The zero-order valence-electron chi connectivity index (χ0n) is 12.0. The molecule has 0 saturated carbocycles. The second kappa shape index (κ2) is 7.50. The molecule has 0 bridgehead atoms. The zero-order valence-corrected chi connectivity index (χ0v) is 12.9. The van der Waals surface area contributed by atoms with E-state index in [0.29, 0.717) is 11.8 Å². The molecule has 0 saturated heterocycles. The maximum absolute atomic E-state index is 12.5. The van der Waals surface area contributed by atoms with E-state index in [0.717, 1.165) is 31.7 Å². The first-order valence-corrected chi connectivity index (χ1v) is 8.88. The van der Waals surface area contributed by atoms with Crippen LogP contribution in [0, 0.1) is 11.8 Å². The molecule has 0 rings (SSSR count). The van der Waals surface area contributed by atoms with Gasteiger partial charge in [-0.15, -0.1) is 0 Å². The summed E-state index contributed by atoms with van der Waals surface area (Å²) in [6, 6.07) is 0.